The fourth-order valence-electron chi connectivity index (χ4n) is 3.34. The fraction of sp³-hybridized carbons (Fsp3) is 0.808. The van der Waals surface area contributed by atoms with Gasteiger partial charge in [0.15, 0.2) is 0 Å². The van der Waals surface area contributed by atoms with E-state index < -0.39 is 24.1 Å². The second-order valence-corrected chi connectivity index (χ2v) is 8.97. The van der Waals surface area contributed by atoms with Gasteiger partial charge in [0.1, 0.15) is 6.10 Å². The van der Waals surface area contributed by atoms with Crippen molar-refractivity contribution in [2.24, 2.45) is 0 Å². The predicted octanol–water partition coefficient (Wildman–Crippen LogP) is -0.0850. The van der Waals surface area contributed by atoms with Crippen LogP contribution in [0.2, 0.25) is 0 Å². The minimum absolute atomic E-state index is 0.0409. The van der Waals surface area contributed by atoms with Crippen LogP contribution < -0.4 is 0 Å². The fourth-order valence-corrected chi connectivity index (χ4v) is 3.34. The molecule has 2 heterocycles. The van der Waals surface area contributed by atoms with Crippen LogP contribution in [-0.4, -0.2) is 131 Å². The Morgan fingerprint density at radius 3 is 1.67 bits per heavy atom. The van der Waals surface area contributed by atoms with Gasteiger partial charge in [-0.2, -0.15) is 5.06 Å². The third-order valence-corrected chi connectivity index (χ3v) is 5.62. The Balaban J connectivity index is 1.25. The predicted molar refractivity (Wildman–Crippen MR) is 139 cm³/mol. The van der Waals surface area contributed by atoms with Crippen molar-refractivity contribution in [2.75, 3.05) is 79.3 Å². The van der Waals surface area contributed by atoms with Crippen LogP contribution in [0.15, 0.2) is 0 Å². The molecule has 42 heavy (non-hydrogen) atoms. The minimum atomic E-state index is -0.736. The first-order valence-corrected chi connectivity index (χ1v) is 14.0. The lowest BCUT2D eigenvalue weighted by Gasteiger charge is -2.16. The molecule has 4 amide bonds. The Kier molecular flexibility index (Phi) is 18.0. The molecule has 0 aromatic carbocycles. The summed E-state index contributed by atoms with van der Waals surface area (Å²) < 4.78 is 37.6. The zero-order valence-corrected chi connectivity index (χ0v) is 24.3. The minimum Gasteiger partial charge on any atom is -0.379 e. The zero-order valence-electron chi connectivity index (χ0n) is 24.3. The van der Waals surface area contributed by atoms with Crippen molar-refractivity contribution >= 4 is 29.6 Å². The summed E-state index contributed by atoms with van der Waals surface area (Å²) in [6.07, 6.45) is 0.114. The lowest BCUT2D eigenvalue weighted by molar-refractivity contribution is -0.202. The molecule has 16 heteroatoms. The molecule has 0 aromatic rings. The van der Waals surface area contributed by atoms with Gasteiger partial charge in [0.25, 0.3) is 23.6 Å². The average Bonchev–Trinajstić information content (AvgIpc) is 3.65. The maximum Gasteiger partial charge on any atom is 0.335 e. The number of rotatable bonds is 24. The molecule has 16 nitrogen and oxygen atoms in total. The highest BCUT2D eigenvalue weighted by Gasteiger charge is 2.45. The number of imide groups is 2. The quantitative estimate of drug-likeness (QED) is 0.0616. The number of ether oxygens (including phenoxy) is 7. The third kappa shape index (κ3) is 15.1. The van der Waals surface area contributed by atoms with Crippen LogP contribution in [0, 0.1) is 0 Å². The summed E-state index contributed by atoms with van der Waals surface area (Å²) in [5, 5.41) is 1.25. The maximum absolute atomic E-state index is 11.7. The SMILES string of the molecule is CCC(=O)N(OC(=O)CCOCCOCCOCCOCCOCCOCCC1OC1ON1C(=O)CCC1=O)C(C)=O. The summed E-state index contributed by atoms with van der Waals surface area (Å²) in [5.41, 5.74) is 0. The summed E-state index contributed by atoms with van der Waals surface area (Å²) >= 11 is 0. The van der Waals surface area contributed by atoms with E-state index in [-0.39, 0.29) is 56.8 Å². The number of carbonyl (C=O) groups excluding carboxylic acids is 5. The van der Waals surface area contributed by atoms with E-state index in [4.69, 9.17) is 42.8 Å². The van der Waals surface area contributed by atoms with Crippen LogP contribution in [0.1, 0.15) is 46.0 Å². The highest BCUT2D eigenvalue weighted by molar-refractivity contribution is 6.00. The molecule has 0 radical (unpaired) electrons. The second-order valence-electron chi connectivity index (χ2n) is 8.97. The van der Waals surface area contributed by atoms with Gasteiger partial charge in [0, 0.05) is 39.2 Å². The first-order valence-electron chi connectivity index (χ1n) is 14.0. The summed E-state index contributed by atoms with van der Waals surface area (Å²) in [5.74, 6) is -2.67. The van der Waals surface area contributed by atoms with Crippen molar-refractivity contribution < 1.29 is 66.8 Å². The van der Waals surface area contributed by atoms with Gasteiger partial charge < -0.3 is 38.0 Å². The number of amides is 4. The average molecular weight is 607 g/mol. The van der Waals surface area contributed by atoms with Gasteiger partial charge >= 0.3 is 5.97 Å². The van der Waals surface area contributed by atoms with Crippen LogP contribution in [0.4, 0.5) is 0 Å². The first kappa shape index (κ1) is 35.6. The molecule has 0 saturated carbocycles. The molecular formula is C26H42N2O14. The van der Waals surface area contributed by atoms with Gasteiger partial charge in [-0.05, 0) is 0 Å². The molecule has 240 valence electrons. The normalized spacial score (nSPS) is 18.0. The molecule has 2 fully saturated rings. The molecule has 2 atom stereocenters. The molecular weight excluding hydrogens is 564 g/mol. The van der Waals surface area contributed by atoms with Gasteiger partial charge in [0.05, 0.1) is 79.1 Å². The third-order valence-electron chi connectivity index (χ3n) is 5.62. The molecule has 2 rings (SSSR count). The lowest BCUT2D eigenvalue weighted by atomic mass is 10.3. The van der Waals surface area contributed by atoms with E-state index in [2.05, 4.69) is 0 Å². The van der Waals surface area contributed by atoms with E-state index in [1.165, 1.54) is 0 Å². The number of hydroxylamine groups is 4. The first-order chi connectivity index (χ1) is 20.3. The second kappa shape index (κ2) is 21.2. The Morgan fingerprint density at radius 1 is 0.762 bits per heavy atom. The molecule has 0 spiro atoms. The van der Waals surface area contributed by atoms with Gasteiger partial charge in [-0.1, -0.05) is 6.92 Å². The number of epoxide rings is 1. The smallest absolute Gasteiger partial charge is 0.335 e. The van der Waals surface area contributed by atoms with Gasteiger partial charge in [-0.3, -0.25) is 19.2 Å². The Morgan fingerprint density at radius 2 is 1.21 bits per heavy atom. The summed E-state index contributed by atoms with van der Waals surface area (Å²) in [4.78, 5) is 67.6. The van der Waals surface area contributed by atoms with Crippen molar-refractivity contribution in [2.45, 2.75) is 58.3 Å². The van der Waals surface area contributed by atoms with Crippen LogP contribution >= 0.6 is 0 Å². The Hall–Kier alpha value is -2.57. The highest BCUT2D eigenvalue weighted by Crippen LogP contribution is 2.29. The number of hydrogen-bond donors (Lipinski definition) is 0. The van der Waals surface area contributed by atoms with Crippen LogP contribution in [0.3, 0.4) is 0 Å². The molecule has 0 aliphatic carbocycles. The Bertz CT molecular complexity index is 841. The molecule has 0 N–H and O–H groups in total. The molecule has 2 unspecified atom stereocenters. The van der Waals surface area contributed by atoms with Crippen molar-refractivity contribution in [3.8, 4) is 0 Å². The maximum atomic E-state index is 11.7. The van der Waals surface area contributed by atoms with E-state index >= 15 is 0 Å². The largest absolute Gasteiger partial charge is 0.379 e. The van der Waals surface area contributed by atoms with Crippen LogP contribution in [0.5, 0.6) is 0 Å². The van der Waals surface area contributed by atoms with Crippen molar-refractivity contribution in [1.29, 1.82) is 0 Å². The van der Waals surface area contributed by atoms with E-state index in [0.29, 0.717) is 77.6 Å². The topological polar surface area (TPSA) is 178 Å². The van der Waals surface area contributed by atoms with E-state index in [1.807, 2.05) is 0 Å². The highest BCUT2D eigenvalue weighted by atomic mass is 16.9. The molecule has 0 aromatic heterocycles. The van der Waals surface area contributed by atoms with Crippen molar-refractivity contribution in [3.05, 3.63) is 0 Å². The zero-order chi connectivity index (χ0) is 30.6. The number of nitrogens with zero attached hydrogens (tertiary/aromatic N) is 2. The molecule has 2 aliphatic heterocycles. The Labute approximate surface area is 244 Å². The van der Waals surface area contributed by atoms with Gasteiger partial charge in [0.2, 0.25) is 6.29 Å². The molecule has 2 aliphatic rings. The molecule has 0 bridgehead atoms. The molecule has 2 saturated heterocycles. The summed E-state index contributed by atoms with van der Waals surface area (Å²) in [7, 11) is 0. The summed E-state index contributed by atoms with van der Waals surface area (Å²) in [6.45, 7) is 7.08. The summed E-state index contributed by atoms with van der Waals surface area (Å²) in [6, 6.07) is 0. The van der Waals surface area contributed by atoms with Crippen molar-refractivity contribution in [1.82, 2.24) is 10.1 Å². The number of carbonyl (C=O) groups is 5. The number of hydrogen-bond acceptors (Lipinski definition) is 14. The monoisotopic (exact) mass is 606 g/mol. The lowest BCUT2D eigenvalue weighted by Crippen LogP contribution is -2.37. The van der Waals surface area contributed by atoms with Gasteiger partial charge in [-0.25, -0.2) is 9.63 Å². The van der Waals surface area contributed by atoms with Crippen molar-refractivity contribution in [3.63, 3.8) is 0 Å². The van der Waals surface area contributed by atoms with E-state index in [0.717, 1.165) is 12.0 Å². The van der Waals surface area contributed by atoms with Crippen LogP contribution in [0.25, 0.3) is 0 Å². The van der Waals surface area contributed by atoms with E-state index in [1.54, 1.807) is 6.92 Å². The van der Waals surface area contributed by atoms with Crippen LogP contribution in [-0.2, 0) is 66.8 Å². The standard InChI is InChI=1S/C26H42N2O14/c1-3-22(30)27(20(2)29)41-25(33)7-9-35-11-13-37-15-17-39-19-18-38-16-14-36-12-10-34-8-6-21-26(40-21)42-28-23(31)4-5-24(28)32/h21,26H,3-19H2,1-2H3. The van der Waals surface area contributed by atoms with Gasteiger partial charge in [-0.15, -0.1) is 5.06 Å². The van der Waals surface area contributed by atoms with E-state index in [9.17, 15) is 24.0 Å².